The molecule has 0 aliphatic carbocycles. The highest BCUT2D eigenvalue weighted by atomic mass is 32.1. The summed E-state index contributed by atoms with van der Waals surface area (Å²) in [5, 5.41) is 9.47. The number of aromatic nitrogens is 4. The van der Waals surface area contributed by atoms with Crippen LogP contribution >= 0.6 is 11.3 Å². The maximum Gasteiger partial charge on any atom is 0.184 e. The standard InChI is InChI=1S/C9H13N5S/c1-2-6(10)3-7-4-15-9(13-7)8-11-5-12-14-8/h4-6H,2-3,10H2,1H3,(H,11,12,14). The predicted octanol–water partition coefficient (Wildman–Crippen LogP) is 1.21. The number of hydrogen-bond donors (Lipinski definition) is 2. The molecule has 1 unspecified atom stereocenters. The Hall–Kier alpha value is -1.27. The van der Waals surface area contributed by atoms with Crippen LogP contribution in [0.4, 0.5) is 0 Å². The van der Waals surface area contributed by atoms with E-state index in [1.807, 2.05) is 5.38 Å². The lowest BCUT2D eigenvalue weighted by Gasteiger charge is -2.04. The SMILES string of the molecule is CCC(N)Cc1csc(-c2ncn[nH]2)n1. The second kappa shape index (κ2) is 4.50. The van der Waals surface area contributed by atoms with E-state index in [0.29, 0.717) is 0 Å². The molecule has 15 heavy (non-hydrogen) atoms. The number of thiazole rings is 1. The molecule has 6 heteroatoms. The normalized spacial score (nSPS) is 12.9. The summed E-state index contributed by atoms with van der Waals surface area (Å²) in [6, 6.07) is 0.190. The van der Waals surface area contributed by atoms with E-state index < -0.39 is 0 Å². The molecule has 0 radical (unpaired) electrons. The number of rotatable bonds is 4. The Morgan fingerprint density at radius 1 is 1.60 bits per heavy atom. The lowest BCUT2D eigenvalue weighted by atomic mass is 10.1. The van der Waals surface area contributed by atoms with Gasteiger partial charge < -0.3 is 5.73 Å². The van der Waals surface area contributed by atoms with Crippen LogP contribution in [0, 0.1) is 0 Å². The fourth-order valence-electron chi connectivity index (χ4n) is 1.23. The summed E-state index contributed by atoms with van der Waals surface area (Å²) in [7, 11) is 0. The van der Waals surface area contributed by atoms with Crippen molar-refractivity contribution in [2.45, 2.75) is 25.8 Å². The van der Waals surface area contributed by atoms with Crippen molar-refractivity contribution in [2.75, 3.05) is 0 Å². The summed E-state index contributed by atoms with van der Waals surface area (Å²) in [5.74, 6) is 0.719. The van der Waals surface area contributed by atoms with Crippen LogP contribution in [0.25, 0.3) is 10.8 Å². The van der Waals surface area contributed by atoms with Gasteiger partial charge in [0.2, 0.25) is 0 Å². The highest BCUT2D eigenvalue weighted by Gasteiger charge is 2.09. The second-order valence-electron chi connectivity index (χ2n) is 3.35. The summed E-state index contributed by atoms with van der Waals surface area (Å²) in [6.45, 7) is 2.08. The van der Waals surface area contributed by atoms with E-state index in [0.717, 1.165) is 29.4 Å². The minimum Gasteiger partial charge on any atom is -0.327 e. The molecule has 80 valence electrons. The van der Waals surface area contributed by atoms with Crippen LogP contribution in [0.2, 0.25) is 0 Å². The van der Waals surface area contributed by atoms with Gasteiger partial charge >= 0.3 is 0 Å². The first-order chi connectivity index (χ1) is 7.29. The third-order valence-electron chi connectivity index (χ3n) is 2.17. The van der Waals surface area contributed by atoms with E-state index >= 15 is 0 Å². The van der Waals surface area contributed by atoms with Crippen LogP contribution in [-0.4, -0.2) is 26.2 Å². The summed E-state index contributed by atoms with van der Waals surface area (Å²) in [5.41, 5.74) is 6.89. The lowest BCUT2D eigenvalue weighted by Crippen LogP contribution is -2.21. The van der Waals surface area contributed by atoms with Gasteiger partial charge in [0.05, 0.1) is 5.69 Å². The lowest BCUT2D eigenvalue weighted by molar-refractivity contribution is 0.639. The maximum absolute atomic E-state index is 5.86. The van der Waals surface area contributed by atoms with Gasteiger partial charge in [0.15, 0.2) is 10.8 Å². The molecule has 0 saturated carbocycles. The van der Waals surface area contributed by atoms with Crippen LogP contribution in [0.1, 0.15) is 19.0 Å². The van der Waals surface area contributed by atoms with Gasteiger partial charge in [-0.25, -0.2) is 9.97 Å². The third-order valence-corrected chi connectivity index (χ3v) is 3.06. The number of nitrogens with zero attached hydrogens (tertiary/aromatic N) is 3. The molecule has 0 aliphatic rings. The Morgan fingerprint density at radius 3 is 3.13 bits per heavy atom. The van der Waals surface area contributed by atoms with E-state index in [9.17, 15) is 0 Å². The molecule has 0 bridgehead atoms. The molecule has 1 atom stereocenters. The Morgan fingerprint density at radius 2 is 2.47 bits per heavy atom. The van der Waals surface area contributed by atoms with Crippen LogP contribution in [-0.2, 0) is 6.42 Å². The number of nitrogens with one attached hydrogen (secondary N) is 1. The van der Waals surface area contributed by atoms with Gasteiger partial charge in [-0.15, -0.1) is 11.3 Å². The fourth-order valence-corrected chi connectivity index (χ4v) is 2.01. The van der Waals surface area contributed by atoms with Crippen molar-refractivity contribution < 1.29 is 0 Å². The Labute approximate surface area is 91.8 Å². The topological polar surface area (TPSA) is 80.5 Å². The van der Waals surface area contributed by atoms with Gasteiger partial charge in [-0.3, -0.25) is 5.10 Å². The molecule has 2 aromatic heterocycles. The minimum atomic E-state index is 0.190. The number of hydrogen-bond acceptors (Lipinski definition) is 5. The van der Waals surface area contributed by atoms with E-state index in [4.69, 9.17) is 5.73 Å². The summed E-state index contributed by atoms with van der Waals surface area (Å²) < 4.78 is 0. The van der Waals surface area contributed by atoms with Crippen molar-refractivity contribution in [3.05, 3.63) is 17.4 Å². The first-order valence-electron chi connectivity index (χ1n) is 4.85. The zero-order valence-corrected chi connectivity index (χ0v) is 9.29. The zero-order chi connectivity index (χ0) is 10.7. The van der Waals surface area contributed by atoms with Gasteiger partial charge in [0.1, 0.15) is 6.33 Å². The molecule has 0 fully saturated rings. The average molecular weight is 223 g/mol. The molecule has 5 nitrogen and oxygen atoms in total. The van der Waals surface area contributed by atoms with Gasteiger partial charge in [-0.05, 0) is 6.42 Å². The Bertz CT molecular complexity index is 408. The summed E-state index contributed by atoms with van der Waals surface area (Å²) >= 11 is 1.56. The maximum atomic E-state index is 5.86. The molecule has 0 aliphatic heterocycles. The Balaban J connectivity index is 2.11. The quantitative estimate of drug-likeness (QED) is 0.816. The van der Waals surface area contributed by atoms with Gasteiger partial charge in [-0.2, -0.15) is 5.10 Å². The molecular formula is C9H13N5S. The predicted molar refractivity (Wildman–Crippen MR) is 59.5 cm³/mol. The van der Waals surface area contributed by atoms with E-state index in [1.165, 1.54) is 6.33 Å². The largest absolute Gasteiger partial charge is 0.327 e. The van der Waals surface area contributed by atoms with Gasteiger partial charge in [-0.1, -0.05) is 6.92 Å². The van der Waals surface area contributed by atoms with Gasteiger partial charge in [0.25, 0.3) is 0 Å². The zero-order valence-electron chi connectivity index (χ0n) is 8.47. The van der Waals surface area contributed by atoms with Gasteiger partial charge in [0, 0.05) is 17.8 Å². The first kappa shape index (κ1) is 10.3. The van der Waals surface area contributed by atoms with Crippen molar-refractivity contribution in [1.82, 2.24) is 20.2 Å². The highest BCUT2D eigenvalue weighted by Crippen LogP contribution is 2.20. The van der Waals surface area contributed by atoms with E-state index in [-0.39, 0.29) is 6.04 Å². The van der Waals surface area contributed by atoms with Crippen molar-refractivity contribution in [3.63, 3.8) is 0 Å². The van der Waals surface area contributed by atoms with Crippen LogP contribution < -0.4 is 5.73 Å². The smallest absolute Gasteiger partial charge is 0.184 e. The molecule has 2 aromatic rings. The molecule has 2 rings (SSSR count). The van der Waals surface area contributed by atoms with E-state index in [2.05, 4.69) is 27.1 Å². The van der Waals surface area contributed by atoms with Crippen LogP contribution in [0.3, 0.4) is 0 Å². The average Bonchev–Trinajstić information content (AvgIpc) is 2.85. The first-order valence-corrected chi connectivity index (χ1v) is 5.73. The summed E-state index contributed by atoms with van der Waals surface area (Å²) in [6.07, 6.45) is 3.27. The minimum absolute atomic E-state index is 0.190. The molecule has 0 saturated heterocycles. The molecule has 0 spiro atoms. The fraction of sp³-hybridized carbons (Fsp3) is 0.444. The molecular weight excluding hydrogens is 210 g/mol. The van der Waals surface area contributed by atoms with E-state index in [1.54, 1.807) is 11.3 Å². The third kappa shape index (κ3) is 2.40. The monoisotopic (exact) mass is 223 g/mol. The van der Waals surface area contributed by atoms with Crippen molar-refractivity contribution in [3.8, 4) is 10.8 Å². The number of aromatic amines is 1. The van der Waals surface area contributed by atoms with Crippen LogP contribution in [0.5, 0.6) is 0 Å². The molecule has 2 heterocycles. The van der Waals surface area contributed by atoms with Crippen molar-refractivity contribution in [2.24, 2.45) is 5.73 Å². The Kier molecular flexibility index (Phi) is 3.08. The van der Waals surface area contributed by atoms with Crippen molar-refractivity contribution in [1.29, 1.82) is 0 Å². The molecule has 0 amide bonds. The number of H-pyrrole nitrogens is 1. The highest BCUT2D eigenvalue weighted by molar-refractivity contribution is 7.13. The second-order valence-corrected chi connectivity index (χ2v) is 4.21. The summed E-state index contributed by atoms with van der Waals surface area (Å²) in [4.78, 5) is 8.49. The molecule has 3 N–H and O–H groups in total. The number of nitrogens with two attached hydrogens (primary N) is 1. The molecule has 0 aromatic carbocycles. The van der Waals surface area contributed by atoms with Crippen LogP contribution in [0.15, 0.2) is 11.7 Å². The van der Waals surface area contributed by atoms with Crippen molar-refractivity contribution >= 4 is 11.3 Å².